The molecular weight excluding hydrogens is 603 g/mol. The van der Waals surface area contributed by atoms with Crippen molar-refractivity contribution in [1.82, 2.24) is 0 Å². The quantitative estimate of drug-likeness (QED) is 0.175. The van der Waals surface area contributed by atoms with Gasteiger partial charge in [-0.15, -0.1) is 0 Å². The molecule has 0 saturated carbocycles. The summed E-state index contributed by atoms with van der Waals surface area (Å²) >= 11 is 0. The lowest BCUT2D eigenvalue weighted by molar-refractivity contribution is 0.660. The van der Waals surface area contributed by atoms with Gasteiger partial charge in [-0.25, -0.2) is 0 Å². The molecule has 50 heavy (non-hydrogen) atoms. The normalized spacial score (nSPS) is 12.8. The highest BCUT2D eigenvalue weighted by atomic mass is 15.1. The van der Waals surface area contributed by atoms with Crippen LogP contribution in [0.2, 0.25) is 0 Å². The molecule has 0 saturated heterocycles. The second kappa shape index (κ2) is 12.1. The molecule has 0 atom stereocenters. The van der Waals surface area contributed by atoms with Crippen molar-refractivity contribution < 1.29 is 0 Å². The first-order valence-corrected chi connectivity index (χ1v) is 17.5. The molecule has 0 aliphatic heterocycles. The van der Waals surface area contributed by atoms with E-state index in [1.54, 1.807) is 0 Å². The number of benzene rings is 8. The summed E-state index contributed by atoms with van der Waals surface area (Å²) in [6.45, 7) is 4.72. The van der Waals surface area contributed by atoms with Crippen LogP contribution in [0.1, 0.15) is 25.0 Å². The van der Waals surface area contributed by atoms with Crippen molar-refractivity contribution in [2.45, 2.75) is 19.3 Å². The van der Waals surface area contributed by atoms with Crippen LogP contribution < -0.4 is 4.90 Å². The number of nitrogens with zero attached hydrogens (tertiary/aromatic N) is 1. The Morgan fingerprint density at radius 1 is 0.340 bits per heavy atom. The van der Waals surface area contributed by atoms with Gasteiger partial charge in [0.05, 0.1) is 17.1 Å². The van der Waals surface area contributed by atoms with E-state index >= 15 is 0 Å². The van der Waals surface area contributed by atoms with E-state index in [1.807, 2.05) is 0 Å². The molecule has 0 aromatic heterocycles. The lowest BCUT2D eigenvalue weighted by atomic mass is 9.82. The number of rotatable bonds is 6. The first kappa shape index (κ1) is 29.9. The fourth-order valence-electron chi connectivity index (χ4n) is 8.15. The molecule has 8 aromatic rings. The topological polar surface area (TPSA) is 3.24 Å². The Bertz CT molecular complexity index is 2500. The predicted octanol–water partition coefficient (Wildman–Crippen LogP) is 13.6. The molecule has 0 heterocycles. The Morgan fingerprint density at radius 3 is 1.58 bits per heavy atom. The maximum Gasteiger partial charge on any atom is 0.0547 e. The Kier molecular flexibility index (Phi) is 7.21. The van der Waals surface area contributed by atoms with Crippen LogP contribution in [0.25, 0.3) is 55.3 Å². The van der Waals surface area contributed by atoms with Gasteiger partial charge in [-0.2, -0.15) is 0 Å². The fraction of sp³-hybridized carbons (Fsp3) is 0.0612. The van der Waals surface area contributed by atoms with Crippen molar-refractivity contribution >= 4 is 27.8 Å². The third-order valence-electron chi connectivity index (χ3n) is 10.5. The molecule has 1 aliphatic rings. The van der Waals surface area contributed by atoms with Gasteiger partial charge in [0.15, 0.2) is 0 Å². The number of anilines is 3. The second-order valence-corrected chi connectivity index (χ2v) is 13.7. The molecule has 1 aliphatic carbocycles. The lowest BCUT2D eigenvalue weighted by Gasteiger charge is -2.32. The van der Waals surface area contributed by atoms with Gasteiger partial charge in [0, 0.05) is 21.9 Å². The Labute approximate surface area is 294 Å². The first-order chi connectivity index (χ1) is 24.6. The molecule has 0 spiro atoms. The minimum Gasteiger partial charge on any atom is -0.309 e. The summed E-state index contributed by atoms with van der Waals surface area (Å²) in [5.74, 6) is 0. The molecule has 9 rings (SSSR count). The average molecular weight is 640 g/mol. The summed E-state index contributed by atoms with van der Waals surface area (Å²) in [7, 11) is 0. The van der Waals surface area contributed by atoms with Gasteiger partial charge in [-0.3, -0.25) is 0 Å². The van der Waals surface area contributed by atoms with E-state index in [0.717, 1.165) is 11.4 Å². The van der Waals surface area contributed by atoms with Crippen LogP contribution in [-0.2, 0) is 5.41 Å². The van der Waals surface area contributed by atoms with Crippen LogP contribution in [0.15, 0.2) is 188 Å². The third kappa shape index (κ3) is 4.77. The zero-order chi connectivity index (χ0) is 33.7. The minimum absolute atomic E-state index is 0.124. The van der Waals surface area contributed by atoms with Crippen molar-refractivity contribution in [2.24, 2.45) is 0 Å². The molecule has 0 bridgehead atoms. The SMILES string of the molecule is CC1(C)c2ccccc2-c2c(N(c3cccc(-c4ccccc4)c3-c3ccccc3-c3ccccc3)c3cccc4ccccc34)cccc21. The molecule has 238 valence electrons. The van der Waals surface area contributed by atoms with Crippen molar-refractivity contribution in [3.63, 3.8) is 0 Å². The van der Waals surface area contributed by atoms with E-state index in [0.29, 0.717) is 0 Å². The van der Waals surface area contributed by atoms with Crippen molar-refractivity contribution in [3.05, 3.63) is 199 Å². The fourth-order valence-corrected chi connectivity index (χ4v) is 8.15. The molecule has 0 unspecified atom stereocenters. The third-order valence-corrected chi connectivity index (χ3v) is 10.5. The predicted molar refractivity (Wildman–Crippen MR) is 213 cm³/mol. The van der Waals surface area contributed by atoms with Gasteiger partial charge in [0.1, 0.15) is 0 Å². The highest BCUT2D eigenvalue weighted by molar-refractivity contribution is 6.07. The van der Waals surface area contributed by atoms with Gasteiger partial charge in [0.2, 0.25) is 0 Å². The van der Waals surface area contributed by atoms with Crippen LogP contribution >= 0.6 is 0 Å². The van der Waals surface area contributed by atoms with Crippen molar-refractivity contribution in [1.29, 1.82) is 0 Å². The molecule has 0 fully saturated rings. The van der Waals surface area contributed by atoms with Crippen molar-refractivity contribution in [3.8, 4) is 44.5 Å². The number of fused-ring (bicyclic) bond motifs is 4. The summed E-state index contributed by atoms with van der Waals surface area (Å²) in [4.78, 5) is 2.54. The standard InChI is InChI=1S/C49H37N/c1-49(2)42-29-14-13-27-41(42)48-43(49)30-17-33-46(48)50(44-31-15-23-35-22-9-10-25-38(35)44)45-32-16-28-39(36-20-7-4-8-21-36)47(45)40-26-12-11-24-37(40)34-18-5-3-6-19-34/h3-33H,1-2H3. The zero-order valence-electron chi connectivity index (χ0n) is 28.3. The van der Waals surface area contributed by atoms with E-state index in [2.05, 4.69) is 207 Å². The zero-order valence-corrected chi connectivity index (χ0v) is 28.3. The highest BCUT2D eigenvalue weighted by Gasteiger charge is 2.38. The van der Waals surface area contributed by atoms with Crippen LogP contribution in [0.3, 0.4) is 0 Å². The Morgan fingerprint density at radius 2 is 0.820 bits per heavy atom. The Hall–Kier alpha value is -6.18. The average Bonchev–Trinajstić information content (AvgIpc) is 3.42. The van der Waals surface area contributed by atoms with E-state index in [-0.39, 0.29) is 5.41 Å². The molecular formula is C49H37N. The largest absolute Gasteiger partial charge is 0.309 e. The van der Waals surface area contributed by atoms with E-state index in [1.165, 1.54) is 72.1 Å². The smallest absolute Gasteiger partial charge is 0.0547 e. The monoisotopic (exact) mass is 639 g/mol. The summed E-state index contributed by atoms with van der Waals surface area (Å²) in [6, 6.07) is 68.7. The maximum absolute atomic E-state index is 2.54. The van der Waals surface area contributed by atoms with Crippen LogP contribution in [0, 0.1) is 0 Å². The van der Waals surface area contributed by atoms with Crippen LogP contribution in [0.4, 0.5) is 17.1 Å². The van der Waals surface area contributed by atoms with Gasteiger partial charge < -0.3 is 4.90 Å². The maximum atomic E-state index is 2.54. The first-order valence-electron chi connectivity index (χ1n) is 17.5. The van der Waals surface area contributed by atoms with E-state index < -0.39 is 0 Å². The molecule has 0 amide bonds. The molecule has 1 nitrogen and oxygen atoms in total. The lowest BCUT2D eigenvalue weighted by Crippen LogP contribution is -2.16. The van der Waals surface area contributed by atoms with Gasteiger partial charge in [-0.1, -0.05) is 184 Å². The summed E-state index contributed by atoms with van der Waals surface area (Å²) in [6.07, 6.45) is 0. The molecule has 8 aromatic carbocycles. The van der Waals surface area contributed by atoms with Crippen LogP contribution in [-0.4, -0.2) is 0 Å². The molecule has 1 heteroatoms. The number of hydrogen-bond donors (Lipinski definition) is 0. The minimum atomic E-state index is -0.124. The summed E-state index contributed by atoms with van der Waals surface area (Å²) in [5, 5.41) is 2.43. The van der Waals surface area contributed by atoms with Crippen molar-refractivity contribution in [2.75, 3.05) is 4.90 Å². The summed E-state index contributed by atoms with van der Waals surface area (Å²) in [5.41, 5.74) is 15.9. The number of hydrogen-bond acceptors (Lipinski definition) is 1. The molecule has 0 N–H and O–H groups in total. The Balaban J connectivity index is 1.43. The van der Waals surface area contributed by atoms with Gasteiger partial charge >= 0.3 is 0 Å². The van der Waals surface area contributed by atoms with Gasteiger partial charge in [-0.05, 0) is 68.1 Å². The van der Waals surface area contributed by atoms with E-state index in [9.17, 15) is 0 Å². The molecule has 0 radical (unpaired) electrons. The van der Waals surface area contributed by atoms with Gasteiger partial charge in [0.25, 0.3) is 0 Å². The van der Waals surface area contributed by atoms with E-state index in [4.69, 9.17) is 0 Å². The second-order valence-electron chi connectivity index (χ2n) is 13.7. The highest BCUT2D eigenvalue weighted by Crippen LogP contribution is 2.56. The summed E-state index contributed by atoms with van der Waals surface area (Å²) < 4.78 is 0. The van der Waals surface area contributed by atoms with Crippen LogP contribution in [0.5, 0.6) is 0 Å².